The van der Waals surface area contributed by atoms with Gasteiger partial charge in [-0.3, -0.25) is 4.68 Å². The molecule has 1 unspecified atom stereocenters. The molecule has 0 aliphatic heterocycles. The lowest BCUT2D eigenvalue weighted by Crippen LogP contribution is -2.02. The Kier molecular flexibility index (Phi) is 4.08. The van der Waals surface area contributed by atoms with Gasteiger partial charge in [-0.1, -0.05) is 25.1 Å². The Morgan fingerprint density at radius 1 is 1.19 bits per heavy atom. The Bertz CT molecular complexity index is 744. The van der Waals surface area contributed by atoms with Crippen LogP contribution in [0.2, 0.25) is 0 Å². The molecule has 0 amide bonds. The minimum absolute atomic E-state index is 0.473. The lowest BCUT2D eigenvalue weighted by Gasteiger charge is -2.06. The third-order valence-electron chi connectivity index (χ3n) is 3.78. The summed E-state index contributed by atoms with van der Waals surface area (Å²) in [5.41, 5.74) is 2.12. The van der Waals surface area contributed by atoms with Gasteiger partial charge in [-0.15, -0.1) is 11.3 Å². The molecule has 0 aliphatic carbocycles. The molecule has 0 aliphatic rings. The number of aliphatic hydroxyl groups excluding tert-OH is 1. The molecule has 1 atom stereocenters. The zero-order valence-electron chi connectivity index (χ0n) is 12.4. The third kappa shape index (κ3) is 2.74. The second kappa shape index (κ2) is 6.00. The molecule has 1 N–H and O–H groups in total. The molecule has 0 saturated heterocycles. The fourth-order valence-electron chi connectivity index (χ4n) is 2.64. The van der Waals surface area contributed by atoms with Crippen molar-refractivity contribution >= 4 is 22.2 Å². The minimum Gasteiger partial charge on any atom is -0.387 e. The van der Waals surface area contributed by atoms with Crippen LogP contribution in [0.25, 0.3) is 10.9 Å². The molecule has 0 saturated carbocycles. The summed E-state index contributed by atoms with van der Waals surface area (Å²) in [6.45, 7) is 5.07. The van der Waals surface area contributed by atoms with Crippen LogP contribution in [-0.4, -0.2) is 14.9 Å². The second-order valence-electron chi connectivity index (χ2n) is 5.16. The largest absolute Gasteiger partial charge is 0.387 e. The maximum atomic E-state index is 10.5. The highest BCUT2D eigenvalue weighted by atomic mass is 32.1. The quantitative estimate of drug-likeness (QED) is 0.774. The Morgan fingerprint density at radius 2 is 2.00 bits per heavy atom. The molecule has 110 valence electrons. The number of aliphatic hydroxyl groups is 1. The molecule has 0 radical (unpaired) electrons. The van der Waals surface area contributed by atoms with Crippen molar-refractivity contribution in [2.24, 2.45) is 0 Å². The van der Waals surface area contributed by atoms with Crippen LogP contribution < -0.4 is 0 Å². The standard InChI is InChI=1S/C17H20N2OS/c1-3-12-9-10-17(21-12)16(20)11-14-13-7-5-6-8-15(13)19(4-2)18-14/h5-10,16,20H,3-4,11H2,1-2H3. The highest BCUT2D eigenvalue weighted by Gasteiger charge is 2.16. The highest BCUT2D eigenvalue weighted by molar-refractivity contribution is 7.12. The van der Waals surface area contributed by atoms with E-state index < -0.39 is 6.10 Å². The van der Waals surface area contributed by atoms with Crippen LogP contribution in [0.15, 0.2) is 36.4 Å². The first-order valence-electron chi connectivity index (χ1n) is 7.44. The zero-order chi connectivity index (χ0) is 14.8. The lowest BCUT2D eigenvalue weighted by atomic mass is 10.1. The van der Waals surface area contributed by atoms with Gasteiger partial charge in [0.25, 0.3) is 0 Å². The number of hydrogen-bond acceptors (Lipinski definition) is 3. The van der Waals surface area contributed by atoms with Gasteiger partial charge in [-0.25, -0.2) is 0 Å². The molecule has 21 heavy (non-hydrogen) atoms. The van der Waals surface area contributed by atoms with Gasteiger partial charge in [0.2, 0.25) is 0 Å². The predicted octanol–water partition coefficient (Wildman–Crippen LogP) is 3.96. The van der Waals surface area contributed by atoms with Crippen LogP contribution in [0.4, 0.5) is 0 Å². The Morgan fingerprint density at radius 3 is 2.71 bits per heavy atom. The van der Waals surface area contributed by atoms with Gasteiger partial charge in [0.05, 0.1) is 17.3 Å². The molecule has 3 nitrogen and oxygen atoms in total. The number of fused-ring (bicyclic) bond motifs is 1. The summed E-state index contributed by atoms with van der Waals surface area (Å²) < 4.78 is 2.00. The molecule has 0 bridgehead atoms. The number of hydrogen-bond donors (Lipinski definition) is 1. The van der Waals surface area contributed by atoms with Crippen molar-refractivity contribution in [1.29, 1.82) is 0 Å². The molecule has 2 aromatic heterocycles. The highest BCUT2D eigenvalue weighted by Crippen LogP contribution is 2.28. The van der Waals surface area contributed by atoms with E-state index in [9.17, 15) is 5.11 Å². The molecule has 0 spiro atoms. The van der Waals surface area contributed by atoms with Crippen molar-refractivity contribution in [2.45, 2.75) is 39.3 Å². The molecular weight excluding hydrogens is 280 g/mol. The van der Waals surface area contributed by atoms with E-state index in [2.05, 4.69) is 37.1 Å². The van der Waals surface area contributed by atoms with E-state index in [4.69, 9.17) is 0 Å². The van der Waals surface area contributed by atoms with Gasteiger partial charge in [-0.05, 0) is 31.5 Å². The predicted molar refractivity (Wildman–Crippen MR) is 87.8 cm³/mol. The lowest BCUT2D eigenvalue weighted by molar-refractivity contribution is 0.181. The van der Waals surface area contributed by atoms with Crippen LogP contribution in [0.5, 0.6) is 0 Å². The smallest absolute Gasteiger partial charge is 0.0938 e. The Labute approximate surface area is 128 Å². The van der Waals surface area contributed by atoms with Crippen LogP contribution in [0.1, 0.15) is 35.4 Å². The normalized spacial score (nSPS) is 12.9. The number of thiophene rings is 1. The summed E-state index contributed by atoms with van der Waals surface area (Å²) in [4.78, 5) is 2.34. The van der Waals surface area contributed by atoms with Crippen molar-refractivity contribution in [1.82, 2.24) is 9.78 Å². The molecule has 1 aromatic carbocycles. The van der Waals surface area contributed by atoms with Gasteiger partial charge in [0.15, 0.2) is 0 Å². The molecule has 0 fully saturated rings. The van der Waals surface area contributed by atoms with Gasteiger partial charge in [-0.2, -0.15) is 5.10 Å². The van der Waals surface area contributed by atoms with Crippen molar-refractivity contribution < 1.29 is 5.11 Å². The van der Waals surface area contributed by atoms with Crippen LogP contribution in [0.3, 0.4) is 0 Å². The number of rotatable bonds is 5. The summed E-state index contributed by atoms with van der Waals surface area (Å²) in [6.07, 6.45) is 1.11. The van der Waals surface area contributed by atoms with Crippen LogP contribution in [-0.2, 0) is 19.4 Å². The summed E-state index contributed by atoms with van der Waals surface area (Å²) >= 11 is 1.69. The van der Waals surface area contributed by atoms with Crippen LogP contribution >= 0.6 is 11.3 Å². The summed E-state index contributed by atoms with van der Waals surface area (Å²) in [7, 11) is 0. The fraction of sp³-hybridized carbons (Fsp3) is 0.353. The molecular formula is C17H20N2OS. The average molecular weight is 300 g/mol. The van der Waals surface area contributed by atoms with E-state index in [-0.39, 0.29) is 0 Å². The first-order chi connectivity index (χ1) is 10.2. The number of para-hydroxylation sites is 1. The number of benzene rings is 1. The first-order valence-corrected chi connectivity index (χ1v) is 8.25. The summed E-state index contributed by atoms with van der Waals surface area (Å²) in [5, 5.41) is 16.3. The van der Waals surface area contributed by atoms with Crippen molar-refractivity contribution in [2.75, 3.05) is 0 Å². The number of nitrogens with zero attached hydrogens (tertiary/aromatic N) is 2. The number of aromatic nitrogens is 2. The molecule has 3 rings (SSSR count). The van der Waals surface area contributed by atoms with E-state index >= 15 is 0 Å². The van der Waals surface area contributed by atoms with Gasteiger partial charge < -0.3 is 5.11 Å². The number of aryl methyl sites for hydroxylation is 2. The topological polar surface area (TPSA) is 38.1 Å². The maximum absolute atomic E-state index is 10.5. The average Bonchev–Trinajstić information content (AvgIpc) is 3.12. The Balaban J connectivity index is 1.90. The SMILES string of the molecule is CCc1ccc(C(O)Cc2nn(CC)c3ccccc23)s1. The van der Waals surface area contributed by atoms with E-state index in [0.717, 1.165) is 34.4 Å². The zero-order valence-corrected chi connectivity index (χ0v) is 13.2. The van der Waals surface area contributed by atoms with Crippen LogP contribution in [0, 0.1) is 0 Å². The van der Waals surface area contributed by atoms with E-state index in [1.165, 1.54) is 4.88 Å². The second-order valence-corrected chi connectivity index (χ2v) is 6.36. The van der Waals surface area contributed by atoms with Crippen molar-refractivity contribution in [3.8, 4) is 0 Å². The van der Waals surface area contributed by atoms with E-state index in [0.29, 0.717) is 6.42 Å². The van der Waals surface area contributed by atoms with Crippen molar-refractivity contribution in [3.63, 3.8) is 0 Å². The molecule has 2 heterocycles. The van der Waals surface area contributed by atoms with Crippen molar-refractivity contribution in [3.05, 3.63) is 51.8 Å². The molecule has 3 aromatic rings. The van der Waals surface area contributed by atoms with Gasteiger partial charge in [0, 0.05) is 28.1 Å². The van der Waals surface area contributed by atoms with E-state index in [1.54, 1.807) is 11.3 Å². The fourth-order valence-corrected chi connectivity index (χ4v) is 3.57. The third-order valence-corrected chi connectivity index (χ3v) is 5.11. The van der Waals surface area contributed by atoms with E-state index in [1.807, 2.05) is 22.9 Å². The van der Waals surface area contributed by atoms with Gasteiger partial charge in [0.1, 0.15) is 0 Å². The first kappa shape index (κ1) is 14.3. The van der Waals surface area contributed by atoms with Gasteiger partial charge >= 0.3 is 0 Å². The summed E-state index contributed by atoms with van der Waals surface area (Å²) in [6, 6.07) is 12.4. The monoisotopic (exact) mass is 300 g/mol. The maximum Gasteiger partial charge on any atom is 0.0938 e. The minimum atomic E-state index is -0.473. The Hall–Kier alpha value is -1.65. The molecule has 4 heteroatoms. The summed E-state index contributed by atoms with van der Waals surface area (Å²) in [5.74, 6) is 0.